The number of carbonyl (C=O) groups excluding carboxylic acids is 1. The molecule has 1 heterocycles. The van der Waals surface area contributed by atoms with Crippen molar-refractivity contribution in [2.45, 2.75) is 39.2 Å². The number of aryl methyl sites for hydroxylation is 1. The second-order valence-corrected chi connectivity index (χ2v) is 5.09. The minimum atomic E-state index is -0.913. The van der Waals surface area contributed by atoms with Gasteiger partial charge in [0.2, 0.25) is 0 Å². The number of aliphatic carboxylic acids is 1. The van der Waals surface area contributed by atoms with Crippen LogP contribution in [-0.4, -0.2) is 33.2 Å². The van der Waals surface area contributed by atoms with E-state index in [1.165, 1.54) is 0 Å². The van der Waals surface area contributed by atoms with E-state index in [1.54, 1.807) is 13.8 Å². The average Bonchev–Trinajstić information content (AvgIpc) is 2.82. The predicted octanol–water partition coefficient (Wildman–Crippen LogP) is 0.370. The highest BCUT2D eigenvalue weighted by atomic mass is 16.4. The lowest BCUT2D eigenvalue weighted by Crippen LogP contribution is -2.42. The number of carbonyl (C=O) groups is 2. The third-order valence-electron chi connectivity index (χ3n) is 3.85. The Balaban J connectivity index is 2.23. The fourth-order valence-electron chi connectivity index (χ4n) is 2.57. The molecule has 1 saturated carbocycles. The number of carboxylic acids is 1. The molecule has 1 fully saturated rings. The SMILES string of the molecule is Cc1n[nH]c(=O)c(C(=O)NC2CCCC2C(=O)O)c1C. The van der Waals surface area contributed by atoms with Crippen LogP contribution in [0.2, 0.25) is 0 Å². The number of hydrogen-bond donors (Lipinski definition) is 3. The number of nitrogens with zero attached hydrogens (tertiary/aromatic N) is 1. The van der Waals surface area contributed by atoms with Crippen molar-refractivity contribution in [2.24, 2.45) is 5.92 Å². The molecule has 0 radical (unpaired) electrons. The number of aromatic amines is 1. The van der Waals surface area contributed by atoms with Gasteiger partial charge in [-0.15, -0.1) is 0 Å². The lowest BCUT2D eigenvalue weighted by molar-refractivity contribution is -0.142. The number of amides is 1. The summed E-state index contributed by atoms with van der Waals surface area (Å²) in [7, 11) is 0. The molecule has 2 unspecified atom stereocenters. The summed E-state index contributed by atoms with van der Waals surface area (Å²) in [5.41, 5.74) is 0.524. The molecule has 0 aromatic carbocycles. The van der Waals surface area contributed by atoms with Crippen LogP contribution in [0.15, 0.2) is 4.79 Å². The first-order chi connectivity index (χ1) is 9.41. The molecule has 108 valence electrons. The van der Waals surface area contributed by atoms with Crippen LogP contribution in [0.5, 0.6) is 0 Å². The van der Waals surface area contributed by atoms with E-state index < -0.39 is 29.4 Å². The first-order valence-corrected chi connectivity index (χ1v) is 6.51. The lowest BCUT2D eigenvalue weighted by atomic mass is 10.0. The van der Waals surface area contributed by atoms with Gasteiger partial charge in [-0.2, -0.15) is 5.10 Å². The molecule has 0 spiro atoms. The molecule has 20 heavy (non-hydrogen) atoms. The Labute approximate surface area is 115 Å². The molecule has 0 aliphatic heterocycles. The van der Waals surface area contributed by atoms with Gasteiger partial charge in [-0.3, -0.25) is 14.4 Å². The van der Waals surface area contributed by atoms with Gasteiger partial charge in [0.25, 0.3) is 11.5 Å². The number of aromatic nitrogens is 2. The summed E-state index contributed by atoms with van der Waals surface area (Å²) in [6, 6.07) is -0.424. The number of rotatable bonds is 3. The summed E-state index contributed by atoms with van der Waals surface area (Å²) in [4.78, 5) is 35.0. The Morgan fingerprint density at radius 3 is 2.70 bits per heavy atom. The maximum absolute atomic E-state index is 12.2. The van der Waals surface area contributed by atoms with Gasteiger partial charge in [-0.25, -0.2) is 5.10 Å². The molecule has 0 saturated heterocycles. The Bertz CT molecular complexity index is 608. The van der Waals surface area contributed by atoms with Crippen molar-refractivity contribution >= 4 is 11.9 Å². The standard InChI is InChI=1S/C13H17N3O4/c1-6-7(2)15-16-12(18)10(6)11(17)14-9-5-3-4-8(9)13(19)20/h8-9H,3-5H2,1-2H3,(H,14,17)(H,16,18)(H,19,20). The van der Waals surface area contributed by atoms with Gasteiger partial charge in [0.15, 0.2) is 0 Å². The van der Waals surface area contributed by atoms with Gasteiger partial charge in [0.05, 0.1) is 11.6 Å². The molecule has 7 heteroatoms. The molecule has 1 aromatic rings. The van der Waals surface area contributed by atoms with Gasteiger partial charge in [0, 0.05) is 6.04 Å². The molecule has 1 aliphatic carbocycles. The van der Waals surface area contributed by atoms with Gasteiger partial charge in [-0.05, 0) is 32.3 Å². The highest BCUT2D eigenvalue weighted by molar-refractivity contribution is 5.95. The van der Waals surface area contributed by atoms with Crippen molar-refractivity contribution in [1.29, 1.82) is 0 Å². The summed E-state index contributed by atoms with van der Waals surface area (Å²) >= 11 is 0. The molecular weight excluding hydrogens is 262 g/mol. The predicted molar refractivity (Wildman–Crippen MR) is 70.6 cm³/mol. The monoisotopic (exact) mass is 279 g/mol. The van der Waals surface area contributed by atoms with E-state index in [-0.39, 0.29) is 5.56 Å². The summed E-state index contributed by atoms with van der Waals surface area (Å²) in [5.74, 6) is -2.03. The van der Waals surface area contributed by atoms with Crippen molar-refractivity contribution in [2.75, 3.05) is 0 Å². The second-order valence-electron chi connectivity index (χ2n) is 5.09. The Morgan fingerprint density at radius 2 is 2.05 bits per heavy atom. The fourth-order valence-corrected chi connectivity index (χ4v) is 2.57. The fraction of sp³-hybridized carbons (Fsp3) is 0.538. The molecule has 1 aromatic heterocycles. The maximum atomic E-state index is 12.2. The van der Waals surface area contributed by atoms with Gasteiger partial charge in [-0.1, -0.05) is 6.42 Å². The van der Waals surface area contributed by atoms with Crippen LogP contribution in [0.25, 0.3) is 0 Å². The molecule has 1 amide bonds. The van der Waals surface area contributed by atoms with E-state index in [0.29, 0.717) is 24.1 Å². The minimum absolute atomic E-state index is 0.00791. The van der Waals surface area contributed by atoms with E-state index in [4.69, 9.17) is 5.11 Å². The van der Waals surface area contributed by atoms with E-state index in [2.05, 4.69) is 15.5 Å². The lowest BCUT2D eigenvalue weighted by Gasteiger charge is -2.18. The van der Waals surface area contributed by atoms with Crippen molar-refractivity contribution in [1.82, 2.24) is 15.5 Å². The normalized spacial score (nSPS) is 21.7. The van der Waals surface area contributed by atoms with E-state index in [9.17, 15) is 14.4 Å². The van der Waals surface area contributed by atoms with Crippen LogP contribution in [0.1, 0.15) is 40.9 Å². The third kappa shape index (κ3) is 2.56. The minimum Gasteiger partial charge on any atom is -0.481 e. The highest BCUT2D eigenvalue weighted by Crippen LogP contribution is 2.26. The molecule has 2 rings (SSSR count). The molecule has 7 nitrogen and oxygen atoms in total. The Kier molecular flexibility index (Phi) is 3.87. The zero-order valence-electron chi connectivity index (χ0n) is 11.4. The second kappa shape index (κ2) is 5.44. The van der Waals surface area contributed by atoms with Crippen LogP contribution in [-0.2, 0) is 4.79 Å². The topological polar surface area (TPSA) is 112 Å². The maximum Gasteiger partial charge on any atom is 0.308 e. The van der Waals surface area contributed by atoms with Crippen LogP contribution in [0, 0.1) is 19.8 Å². The smallest absolute Gasteiger partial charge is 0.308 e. The molecular formula is C13H17N3O4. The first kappa shape index (κ1) is 14.2. The quantitative estimate of drug-likeness (QED) is 0.740. The average molecular weight is 279 g/mol. The van der Waals surface area contributed by atoms with Crippen molar-refractivity contribution in [3.8, 4) is 0 Å². The van der Waals surface area contributed by atoms with Crippen molar-refractivity contribution < 1.29 is 14.7 Å². The zero-order valence-corrected chi connectivity index (χ0v) is 11.4. The van der Waals surface area contributed by atoms with Crippen LogP contribution in [0.4, 0.5) is 0 Å². The number of H-pyrrole nitrogens is 1. The molecule has 2 atom stereocenters. The largest absolute Gasteiger partial charge is 0.481 e. The molecule has 0 bridgehead atoms. The van der Waals surface area contributed by atoms with Gasteiger partial charge in [0.1, 0.15) is 5.56 Å². The van der Waals surface area contributed by atoms with Crippen LogP contribution >= 0.6 is 0 Å². The number of hydrogen-bond acceptors (Lipinski definition) is 4. The molecule has 3 N–H and O–H groups in total. The highest BCUT2D eigenvalue weighted by Gasteiger charge is 2.34. The summed E-state index contributed by atoms with van der Waals surface area (Å²) in [5, 5.41) is 17.8. The van der Waals surface area contributed by atoms with E-state index in [1.807, 2.05) is 0 Å². The van der Waals surface area contributed by atoms with Gasteiger partial charge < -0.3 is 10.4 Å². The first-order valence-electron chi connectivity index (χ1n) is 6.51. The summed E-state index contributed by atoms with van der Waals surface area (Å²) < 4.78 is 0. The van der Waals surface area contributed by atoms with Gasteiger partial charge >= 0.3 is 5.97 Å². The Morgan fingerprint density at radius 1 is 1.35 bits per heavy atom. The van der Waals surface area contributed by atoms with Crippen molar-refractivity contribution in [3.05, 3.63) is 27.2 Å². The van der Waals surface area contributed by atoms with Crippen LogP contribution < -0.4 is 10.9 Å². The zero-order chi connectivity index (χ0) is 14.9. The third-order valence-corrected chi connectivity index (χ3v) is 3.85. The molecule has 1 aliphatic rings. The summed E-state index contributed by atoms with van der Waals surface area (Å²) in [6.07, 6.45) is 1.92. The summed E-state index contributed by atoms with van der Waals surface area (Å²) in [6.45, 7) is 3.34. The van der Waals surface area contributed by atoms with E-state index in [0.717, 1.165) is 6.42 Å². The Hall–Kier alpha value is -2.18. The van der Waals surface area contributed by atoms with Crippen molar-refractivity contribution in [3.63, 3.8) is 0 Å². The van der Waals surface area contributed by atoms with E-state index >= 15 is 0 Å². The number of carboxylic acid groups (broad SMARTS) is 1. The number of nitrogens with one attached hydrogen (secondary N) is 2. The van der Waals surface area contributed by atoms with Crippen LogP contribution in [0.3, 0.4) is 0 Å².